The van der Waals surface area contributed by atoms with Gasteiger partial charge in [-0.05, 0) is 41.8 Å². The molecule has 0 saturated heterocycles. The highest BCUT2D eigenvalue weighted by Gasteiger charge is 2.29. The summed E-state index contributed by atoms with van der Waals surface area (Å²) in [7, 11) is 0. The van der Waals surface area contributed by atoms with E-state index in [0.29, 0.717) is 6.54 Å². The van der Waals surface area contributed by atoms with Gasteiger partial charge in [0.1, 0.15) is 0 Å². The molecule has 1 saturated carbocycles. The van der Waals surface area contributed by atoms with Gasteiger partial charge in [0.2, 0.25) is 0 Å². The van der Waals surface area contributed by atoms with E-state index >= 15 is 0 Å². The Balaban J connectivity index is 1.43. The lowest BCUT2D eigenvalue weighted by molar-refractivity contribution is -0.139. The number of benzene rings is 1. The quantitative estimate of drug-likeness (QED) is 0.795. The Morgan fingerprint density at radius 2 is 1.92 bits per heavy atom. The minimum Gasteiger partial charge on any atom is -0.346 e. The zero-order chi connectivity index (χ0) is 17.9. The minimum absolute atomic E-state index is 0.0843. The van der Waals surface area contributed by atoms with Gasteiger partial charge in [0.25, 0.3) is 0 Å². The van der Waals surface area contributed by atoms with Crippen LogP contribution in [0, 0.1) is 0 Å². The number of hydrogen-bond acceptors (Lipinski definition) is 4. The van der Waals surface area contributed by atoms with Crippen LogP contribution in [0.1, 0.15) is 34.9 Å². The van der Waals surface area contributed by atoms with Gasteiger partial charge in [-0.1, -0.05) is 30.3 Å². The molecule has 2 heterocycles. The van der Waals surface area contributed by atoms with E-state index in [4.69, 9.17) is 0 Å². The highest BCUT2D eigenvalue weighted by atomic mass is 32.1. The summed E-state index contributed by atoms with van der Waals surface area (Å²) in [6.45, 7) is 2.26. The number of thiophene rings is 1. The van der Waals surface area contributed by atoms with Crippen molar-refractivity contribution in [3.05, 3.63) is 57.8 Å². The third-order valence-electron chi connectivity index (χ3n) is 5.05. The predicted octanol–water partition coefficient (Wildman–Crippen LogP) is 2.24. The normalized spacial score (nSPS) is 18.0. The number of carbonyl (C=O) groups excluding carboxylic acids is 2. The van der Waals surface area contributed by atoms with Crippen LogP contribution >= 0.6 is 11.3 Å². The molecule has 1 fully saturated rings. The first-order chi connectivity index (χ1) is 12.7. The molecule has 26 heavy (non-hydrogen) atoms. The van der Waals surface area contributed by atoms with Crippen molar-refractivity contribution in [3.63, 3.8) is 0 Å². The number of fused-ring (bicyclic) bond motifs is 1. The molecule has 136 valence electrons. The van der Waals surface area contributed by atoms with Gasteiger partial charge in [0, 0.05) is 30.6 Å². The zero-order valence-electron chi connectivity index (χ0n) is 14.6. The van der Waals surface area contributed by atoms with E-state index in [1.165, 1.54) is 16.0 Å². The fourth-order valence-electron chi connectivity index (χ4n) is 3.42. The van der Waals surface area contributed by atoms with Crippen LogP contribution in [0.4, 0.5) is 0 Å². The molecule has 1 aromatic heterocycles. The zero-order valence-corrected chi connectivity index (χ0v) is 15.4. The van der Waals surface area contributed by atoms with Crippen molar-refractivity contribution < 1.29 is 9.59 Å². The number of hydrogen-bond donors (Lipinski definition) is 2. The van der Waals surface area contributed by atoms with Crippen LogP contribution < -0.4 is 10.6 Å². The largest absolute Gasteiger partial charge is 0.346 e. The second kappa shape index (κ2) is 7.60. The fraction of sp³-hybridized carbons (Fsp3) is 0.400. The maximum Gasteiger partial charge on any atom is 0.309 e. The van der Waals surface area contributed by atoms with Crippen LogP contribution in [-0.2, 0) is 22.6 Å². The first-order valence-electron chi connectivity index (χ1n) is 9.13. The highest BCUT2D eigenvalue weighted by molar-refractivity contribution is 7.10. The monoisotopic (exact) mass is 369 g/mol. The summed E-state index contributed by atoms with van der Waals surface area (Å²) < 4.78 is 0. The first kappa shape index (κ1) is 17.2. The van der Waals surface area contributed by atoms with Gasteiger partial charge in [-0.3, -0.25) is 14.5 Å². The summed E-state index contributed by atoms with van der Waals surface area (Å²) in [5.41, 5.74) is 2.75. The molecule has 1 atom stereocenters. The summed E-state index contributed by atoms with van der Waals surface area (Å²) in [5, 5.41) is 7.64. The van der Waals surface area contributed by atoms with Crippen LogP contribution in [0.3, 0.4) is 0 Å². The molecule has 2 aromatic rings. The van der Waals surface area contributed by atoms with Crippen molar-refractivity contribution >= 4 is 23.2 Å². The van der Waals surface area contributed by atoms with E-state index in [1.54, 1.807) is 11.3 Å². The van der Waals surface area contributed by atoms with Crippen molar-refractivity contribution in [1.29, 1.82) is 0 Å². The topological polar surface area (TPSA) is 61.4 Å². The van der Waals surface area contributed by atoms with Crippen LogP contribution in [-0.4, -0.2) is 35.8 Å². The molecule has 0 radical (unpaired) electrons. The van der Waals surface area contributed by atoms with E-state index in [2.05, 4.69) is 51.2 Å². The summed E-state index contributed by atoms with van der Waals surface area (Å²) in [6.07, 6.45) is 2.96. The Kier molecular flexibility index (Phi) is 5.04. The molecular formula is C20H23N3O2S. The Morgan fingerprint density at radius 3 is 2.65 bits per heavy atom. The third kappa shape index (κ3) is 3.97. The van der Waals surface area contributed by atoms with E-state index in [1.807, 2.05) is 6.07 Å². The molecular weight excluding hydrogens is 346 g/mol. The number of amides is 2. The van der Waals surface area contributed by atoms with Gasteiger partial charge in [-0.25, -0.2) is 0 Å². The molecule has 0 spiro atoms. The summed E-state index contributed by atoms with van der Waals surface area (Å²) in [4.78, 5) is 27.6. The van der Waals surface area contributed by atoms with Crippen LogP contribution in [0.25, 0.3) is 0 Å². The molecule has 5 nitrogen and oxygen atoms in total. The van der Waals surface area contributed by atoms with Crippen molar-refractivity contribution in [2.45, 2.75) is 37.9 Å². The maximum atomic E-state index is 12.1. The molecule has 2 aliphatic rings. The smallest absolute Gasteiger partial charge is 0.309 e. The van der Waals surface area contributed by atoms with Gasteiger partial charge in [0.05, 0.1) is 6.04 Å². The molecule has 4 rings (SSSR count). The summed E-state index contributed by atoms with van der Waals surface area (Å²) >= 11 is 1.69. The molecule has 1 aliphatic heterocycles. The Hall–Kier alpha value is -2.18. The van der Waals surface area contributed by atoms with Gasteiger partial charge < -0.3 is 10.6 Å². The number of rotatable bonds is 5. The standard InChI is InChI=1S/C20H23N3O2S/c24-19(20(25)22-16-7-8-16)21-12-17(18-6-3-11-26-18)23-10-9-14-4-1-2-5-15(14)13-23/h1-6,11,16-17H,7-10,12-13H2,(H,21,24)(H,22,25)/t17-/m1/s1. The minimum atomic E-state index is -0.532. The van der Waals surface area contributed by atoms with Gasteiger partial charge in [-0.15, -0.1) is 11.3 Å². The van der Waals surface area contributed by atoms with Gasteiger partial charge >= 0.3 is 11.8 Å². The summed E-state index contributed by atoms with van der Waals surface area (Å²) in [5.74, 6) is -1.04. The van der Waals surface area contributed by atoms with Crippen LogP contribution in [0.2, 0.25) is 0 Å². The Bertz CT molecular complexity index is 786. The molecule has 2 N–H and O–H groups in total. The van der Waals surface area contributed by atoms with Gasteiger partial charge in [0.15, 0.2) is 0 Å². The van der Waals surface area contributed by atoms with E-state index in [0.717, 1.165) is 32.4 Å². The second-order valence-corrected chi connectivity index (χ2v) is 7.96. The third-order valence-corrected chi connectivity index (χ3v) is 6.02. The molecule has 2 amide bonds. The van der Waals surface area contributed by atoms with Crippen LogP contribution in [0.15, 0.2) is 41.8 Å². The molecule has 0 unspecified atom stereocenters. The van der Waals surface area contributed by atoms with Crippen LogP contribution in [0.5, 0.6) is 0 Å². The number of nitrogens with zero attached hydrogens (tertiary/aromatic N) is 1. The average Bonchev–Trinajstić information content (AvgIpc) is 3.31. The van der Waals surface area contributed by atoms with E-state index in [9.17, 15) is 9.59 Å². The molecule has 0 bridgehead atoms. The molecule has 1 aliphatic carbocycles. The van der Waals surface area contributed by atoms with Crippen molar-refractivity contribution in [2.75, 3.05) is 13.1 Å². The van der Waals surface area contributed by atoms with Gasteiger partial charge in [-0.2, -0.15) is 0 Å². The Labute approximate surface area is 157 Å². The SMILES string of the molecule is O=C(NC[C@H](c1cccs1)N1CCc2ccccc2C1)C(=O)NC1CC1. The predicted molar refractivity (Wildman–Crippen MR) is 102 cm³/mol. The average molecular weight is 369 g/mol. The fourth-order valence-corrected chi connectivity index (χ4v) is 4.28. The lowest BCUT2D eigenvalue weighted by atomic mass is 9.98. The lowest BCUT2D eigenvalue weighted by Gasteiger charge is -2.35. The Morgan fingerprint density at radius 1 is 1.12 bits per heavy atom. The lowest BCUT2D eigenvalue weighted by Crippen LogP contribution is -2.45. The van der Waals surface area contributed by atoms with Crippen molar-refractivity contribution in [1.82, 2.24) is 15.5 Å². The molecule has 6 heteroatoms. The van der Waals surface area contributed by atoms with E-state index in [-0.39, 0.29) is 12.1 Å². The molecule has 1 aromatic carbocycles. The number of nitrogens with one attached hydrogen (secondary N) is 2. The highest BCUT2D eigenvalue weighted by Crippen LogP contribution is 2.30. The van der Waals surface area contributed by atoms with E-state index < -0.39 is 11.8 Å². The van der Waals surface area contributed by atoms with Crippen molar-refractivity contribution in [2.24, 2.45) is 0 Å². The second-order valence-electron chi connectivity index (χ2n) is 6.98. The number of carbonyl (C=O) groups is 2. The first-order valence-corrected chi connectivity index (χ1v) is 10.0. The summed E-state index contributed by atoms with van der Waals surface area (Å²) in [6, 6.07) is 12.9. The van der Waals surface area contributed by atoms with Crippen molar-refractivity contribution in [3.8, 4) is 0 Å². The maximum absolute atomic E-state index is 12.1.